The minimum atomic E-state index is -1.41. The molecule has 0 spiro atoms. The quantitative estimate of drug-likeness (QED) is 0.349. The van der Waals surface area contributed by atoms with Crippen molar-refractivity contribution < 1.29 is 19.2 Å². The van der Waals surface area contributed by atoms with Crippen molar-refractivity contribution in [2.75, 3.05) is 32.4 Å². The van der Waals surface area contributed by atoms with Crippen LogP contribution >= 0.6 is 11.3 Å². The molecule has 0 radical (unpaired) electrons. The molecule has 0 amide bonds. The van der Waals surface area contributed by atoms with Crippen LogP contribution in [-0.2, 0) is 9.63 Å². The van der Waals surface area contributed by atoms with E-state index in [9.17, 15) is 9.90 Å². The Morgan fingerprint density at radius 1 is 1.46 bits per heavy atom. The van der Waals surface area contributed by atoms with Crippen molar-refractivity contribution in [3.63, 3.8) is 0 Å². The number of likely N-dealkylation sites (tertiary alicyclic amines) is 1. The number of aromatic nitrogens is 1. The monoisotopic (exact) mass is 380 g/mol. The molecule has 8 heteroatoms. The number of carbonyl (C=O) groups excluding carboxylic acids is 1. The van der Waals surface area contributed by atoms with E-state index in [1.54, 1.807) is 0 Å². The van der Waals surface area contributed by atoms with Gasteiger partial charge in [-0.25, -0.2) is 4.98 Å². The van der Waals surface area contributed by atoms with E-state index in [4.69, 9.17) is 10.6 Å². The van der Waals surface area contributed by atoms with E-state index in [0.717, 1.165) is 43.6 Å². The fourth-order valence-corrected chi connectivity index (χ4v) is 3.85. The van der Waals surface area contributed by atoms with Crippen LogP contribution in [0.25, 0.3) is 0 Å². The highest BCUT2D eigenvalue weighted by molar-refractivity contribution is 7.13. The van der Waals surface area contributed by atoms with Gasteiger partial charge in [0.25, 0.3) is 0 Å². The first kappa shape index (κ1) is 20.4. The molecule has 2 heterocycles. The molecule has 1 aliphatic heterocycles. The molecule has 3 rings (SSSR count). The van der Waals surface area contributed by atoms with Gasteiger partial charge in [-0.3, -0.25) is 0 Å². The van der Waals surface area contributed by atoms with Gasteiger partial charge in [0.1, 0.15) is 11.8 Å². The van der Waals surface area contributed by atoms with Crippen molar-refractivity contribution in [2.24, 2.45) is 5.16 Å². The molecule has 1 saturated heterocycles. The number of hydrogen-bond donors (Lipinski definition) is 1. The average molecular weight is 381 g/mol. The Bertz CT molecular complexity index is 632. The second-order valence-corrected chi connectivity index (χ2v) is 7.94. The highest BCUT2D eigenvalue weighted by Crippen LogP contribution is 2.21. The number of nitrogens with zero attached hydrogens (tertiary/aromatic N) is 3. The molecule has 2 N–H and O–H groups in total. The lowest BCUT2D eigenvalue weighted by molar-refractivity contribution is -0.891. The highest BCUT2D eigenvalue weighted by Gasteiger charge is 2.24. The summed E-state index contributed by atoms with van der Waals surface area (Å²) >= 11 is 1.15. The first-order chi connectivity index (χ1) is 12.4. The van der Waals surface area contributed by atoms with Crippen LogP contribution in [0.5, 0.6) is 0 Å². The number of carboxylic acids is 1. The van der Waals surface area contributed by atoms with E-state index in [1.165, 1.54) is 35.8 Å². The SMILES string of the molecule is C=CC[N+]1(C)CCCC1.Nc1nc(C(=NOC2CCCC2)C(=O)[O-])cs1. The van der Waals surface area contributed by atoms with Crippen LogP contribution in [0.3, 0.4) is 0 Å². The third-order valence-corrected chi connectivity index (χ3v) is 5.44. The maximum absolute atomic E-state index is 10.9. The number of thiazole rings is 1. The minimum absolute atomic E-state index is 0.000308. The zero-order chi connectivity index (χ0) is 19.0. The molecule has 1 aromatic heterocycles. The second kappa shape index (κ2) is 9.68. The lowest BCUT2D eigenvalue weighted by Gasteiger charge is -2.27. The molecule has 0 unspecified atom stereocenters. The number of nitrogen functional groups attached to an aromatic ring is 1. The van der Waals surface area contributed by atoms with Crippen LogP contribution in [0.15, 0.2) is 23.2 Å². The molecular weight excluding hydrogens is 352 g/mol. The van der Waals surface area contributed by atoms with Crippen LogP contribution < -0.4 is 10.8 Å². The Balaban J connectivity index is 0.000000228. The number of carboxylic acid groups (broad SMARTS) is 1. The minimum Gasteiger partial charge on any atom is -0.543 e. The predicted octanol–water partition coefficient (Wildman–Crippen LogP) is 1.55. The van der Waals surface area contributed by atoms with E-state index in [-0.39, 0.29) is 22.6 Å². The van der Waals surface area contributed by atoms with Gasteiger partial charge in [0.05, 0.1) is 32.7 Å². The summed E-state index contributed by atoms with van der Waals surface area (Å²) in [5.41, 5.74) is 5.32. The van der Waals surface area contributed by atoms with Crippen LogP contribution in [0.4, 0.5) is 5.13 Å². The summed E-state index contributed by atoms with van der Waals surface area (Å²) < 4.78 is 1.23. The molecule has 144 valence electrons. The molecule has 2 fully saturated rings. The standard InChI is InChI=1S/C10H13N3O3S.C8H16N/c11-10-12-7(5-17-10)8(9(14)15)13-16-6-3-1-2-4-6;1-3-6-9(2)7-4-5-8-9/h5-6H,1-4H2,(H2,11,12)(H,14,15);3H,1,4-8H2,2H3/q;+1/p-1. The first-order valence-electron chi connectivity index (χ1n) is 9.04. The number of quaternary nitrogens is 1. The largest absolute Gasteiger partial charge is 0.543 e. The first-order valence-corrected chi connectivity index (χ1v) is 9.92. The molecule has 1 saturated carbocycles. The summed E-state index contributed by atoms with van der Waals surface area (Å²) in [6, 6.07) is 0. The van der Waals surface area contributed by atoms with Gasteiger partial charge in [-0.15, -0.1) is 11.3 Å². The number of carbonyl (C=O) groups is 1. The number of hydrogen-bond acceptors (Lipinski definition) is 7. The Morgan fingerprint density at radius 3 is 2.62 bits per heavy atom. The summed E-state index contributed by atoms with van der Waals surface area (Å²) in [6.45, 7) is 7.61. The van der Waals surface area contributed by atoms with Crippen LogP contribution in [0, 0.1) is 0 Å². The Labute approximate surface area is 158 Å². The Morgan fingerprint density at radius 2 is 2.12 bits per heavy atom. The third kappa shape index (κ3) is 6.10. The summed E-state index contributed by atoms with van der Waals surface area (Å²) in [6.07, 6.45) is 8.83. The lowest BCUT2D eigenvalue weighted by atomic mass is 10.3. The lowest BCUT2D eigenvalue weighted by Crippen LogP contribution is -2.40. The van der Waals surface area contributed by atoms with Crippen molar-refractivity contribution in [1.29, 1.82) is 0 Å². The molecule has 7 nitrogen and oxygen atoms in total. The van der Waals surface area contributed by atoms with Crippen molar-refractivity contribution in [2.45, 2.75) is 44.6 Å². The molecule has 0 atom stereocenters. The van der Waals surface area contributed by atoms with E-state index in [1.807, 2.05) is 6.08 Å². The van der Waals surface area contributed by atoms with Gasteiger partial charge in [-0.1, -0.05) is 11.7 Å². The Hall–Kier alpha value is -1.93. The van der Waals surface area contributed by atoms with Crippen molar-refractivity contribution in [3.05, 3.63) is 23.7 Å². The number of oxime groups is 1. The molecule has 0 bridgehead atoms. The maximum atomic E-state index is 10.9. The predicted molar refractivity (Wildman–Crippen MR) is 102 cm³/mol. The van der Waals surface area contributed by atoms with Gasteiger partial charge in [-0.05, 0) is 31.8 Å². The summed E-state index contributed by atoms with van der Waals surface area (Å²) in [4.78, 5) is 19.9. The molecule has 1 aromatic rings. The van der Waals surface area contributed by atoms with Gasteiger partial charge in [-0.2, -0.15) is 0 Å². The van der Waals surface area contributed by atoms with E-state index in [0.29, 0.717) is 0 Å². The van der Waals surface area contributed by atoms with Crippen LogP contribution in [0.2, 0.25) is 0 Å². The van der Waals surface area contributed by atoms with Crippen LogP contribution in [-0.4, -0.2) is 53.9 Å². The smallest absolute Gasteiger partial charge is 0.180 e. The molecule has 2 aliphatic rings. The summed E-state index contributed by atoms with van der Waals surface area (Å²) in [5, 5.41) is 16.4. The van der Waals surface area contributed by atoms with Gasteiger partial charge >= 0.3 is 0 Å². The van der Waals surface area contributed by atoms with Crippen molar-refractivity contribution >= 4 is 28.1 Å². The summed E-state index contributed by atoms with van der Waals surface area (Å²) in [7, 11) is 2.31. The van der Waals surface area contributed by atoms with Crippen molar-refractivity contribution in [3.8, 4) is 0 Å². The number of likely N-dealkylation sites (N-methyl/N-ethyl adjacent to an activating group) is 1. The van der Waals surface area contributed by atoms with Gasteiger partial charge in [0.2, 0.25) is 0 Å². The molecule has 26 heavy (non-hydrogen) atoms. The molecule has 0 aromatic carbocycles. The maximum Gasteiger partial charge on any atom is 0.180 e. The number of aliphatic carboxylic acids is 1. The second-order valence-electron chi connectivity index (χ2n) is 7.06. The van der Waals surface area contributed by atoms with Gasteiger partial charge < -0.3 is 25.0 Å². The number of nitrogens with two attached hydrogens (primary N) is 1. The normalized spacial score (nSPS) is 19.7. The number of rotatable bonds is 6. The van der Waals surface area contributed by atoms with E-state index < -0.39 is 5.97 Å². The fraction of sp³-hybridized carbons (Fsp3) is 0.611. The summed E-state index contributed by atoms with van der Waals surface area (Å²) in [5.74, 6) is -1.41. The van der Waals surface area contributed by atoms with Gasteiger partial charge in [0.15, 0.2) is 10.8 Å². The number of anilines is 1. The average Bonchev–Trinajstić information content (AvgIpc) is 3.32. The van der Waals surface area contributed by atoms with E-state index >= 15 is 0 Å². The van der Waals surface area contributed by atoms with Crippen LogP contribution in [0.1, 0.15) is 44.2 Å². The Kier molecular flexibility index (Phi) is 7.59. The van der Waals surface area contributed by atoms with Gasteiger partial charge in [0, 0.05) is 18.2 Å². The fourth-order valence-electron chi connectivity index (χ4n) is 3.30. The topological polar surface area (TPSA) is 101 Å². The zero-order valence-electron chi connectivity index (χ0n) is 15.4. The highest BCUT2D eigenvalue weighted by atomic mass is 32.1. The van der Waals surface area contributed by atoms with E-state index in [2.05, 4.69) is 23.8 Å². The molecule has 1 aliphatic carbocycles. The molecular formula is C18H28N4O3S. The van der Waals surface area contributed by atoms with Crippen molar-refractivity contribution in [1.82, 2.24) is 4.98 Å². The third-order valence-electron chi connectivity index (χ3n) is 4.77. The zero-order valence-corrected chi connectivity index (χ0v) is 16.2.